The van der Waals surface area contributed by atoms with E-state index in [1.807, 2.05) is 19.9 Å². The molecule has 0 saturated heterocycles. The van der Waals surface area contributed by atoms with Crippen LogP contribution in [0, 0.1) is 13.8 Å². The maximum Gasteiger partial charge on any atom is 0.243 e. The first kappa shape index (κ1) is 16.1. The Balaban J connectivity index is 3.06. The lowest BCUT2D eigenvalue weighted by atomic mass is 10.1. The second kappa shape index (κ2) is 6.45. The Morgan fingerprint density at radius 1 is 1.32 bits per heavy atom. The van der Waals surface area contributed by atoms with Crippen LogP contribution in [0.2, 0.25) is 0 Å². The van der Waals surface area contributed by atoms with Gasteiger partial charge in [0.05, 0.1) is 9.88 Å². The van der Waals surface area contributed by atoms with Crippen molar-refractivity contribution in [3.63, 3.8) is 0 Å². The third-order valence-electron chi connectivity index (χ3n) is 3.08. The van der Waals surface area contributed by atoms with Gasteiger partial charge in [-0.15, -0.1) is 0 Å². The van der Waals surface area contributed by atoms with Gasteiger partial charge in [-0.25, -0.2) is 8.42 Å². The molecule has 0 spiro atoms. The fourth-order valence-corrected chi connectivity index (χ4v) is 3.33. The van der Waals surface area contributed by atoms with E-state index in [1.165, 1.54) is 4.31 Å². The molecule has 0 aliphatic carbocycles. The zero-order valence-electron chi connectivity index (χ0n) is 11.5. The molecule has 0 fully saturated rings. The Kier molecular flexibility index (Phi) is 5.46. The van der Waals surface area contributed by atoms with Gasteiger partial charge in [-0.2, -0.15) is 4.31 Å². The summed E-state index contributed by atoms with van der Waals surface area (Å²) in [7, 11) is -3.47. The SMILES string of the molecule is CCN(CCC(N)=S)S(=O)(=O)c1ccc(C)c(C)c1. The minimum atomic E-state index is -3.47. The van der Waals surface area contributed by atoms with E-state index in [1.54, 1.807) is 19.1 Å². The van der Waals surface area contributed by atoms with E-state index in [0.717, 1.165) is 11.1 Å². The molecule has 0 amide bonds. The monoisotopic (exact) mass is 300 g/mol. The van der Waals surface area contributed by atoms with Crippen LogP contribution in [0.4, 0.5) is 0 Å². The van der Waals surface area contributed by atoms with E-state index in [0.29, 0.717) is 29.4 Å². The summed E-state index contributed by atoms with van der Waals surface area (Å²) in [5.41, 5.74) is 7.47. The van der Waals surface area contributed by atoms with E-state index in [2.05, 4.69) is 0 Å². The van der Waals surface area contributed by atoms with Gasteiger partial charge in [0.1, 0.15) is 0 Å². The fourth-order valence-electron chi connectivity index (χ4n) is 1.71. The lowest BCUT2D eigenvalue weighted by Gasteiger charge is -2.20. The number of benzene rings is 1. The highest BCUT2D eigenvalue weighted by molar-refractivity contribution is 7.89. The molecule has 4 nitrogen and oxygen atoms in total. The van der Waals surface area contributed by atoms with Gasteiger partial charge in [-0.3, -0.25) is 0 Å². The van der Waals surface area contributed by atoms with Gasteiger partial charge in [0.25, 0.3) is 0 Å². The number of nitrogens with two attached hydrogens (primary N) is 1. The number of rotatable bonds is 6. The second-order valence-corrected chi connectivity index (χ2v) is 6.92. The Morgan fingerprint density at radius 3 is 2.42 bits per heavy atom. The number of sulfonamides is 1. The highest BCUT2D eigenvalue weighted by Gasteiger charge is 2.23. The molecule has 0 aliphatic heterocycles. The van der Waals surface area contributed by atoms with Crippen LogP contribution in [-0.2, 0) is 10.0 Å². The van der Waals surface area contributed by atoms with Gasteiger partial charge < -0.3 is 5.73 Å². The first-order valence-corrected chi connectivity index (χ1v) is 7.99. The summed E-state index contributed by atoms with van der Waals surface area (Å²) in [6.07, 6.45) is 0.396. The summed E-state index contributed by atoms with van der Waals surface area (Å²) in [5.74, 6) is 0. The summed E-state index contributed by atoms with van der Waals surface area (Å²) in [6, 6.07) is 5.17. The van der Waals surface area contributed by atoms with Crippen LogP contribution in [0.5, 0.6) is 0 Å². The first-order chi connectivity index (χ1) is 8.78. The van der Waals surface area contributed by atoms with Gasteiger partial charge in [0, 0.05) is 19.5 Å². The molecular weight excluding hydrogens is 280 g/mol. The number of hydrogen-bond acceptors (Lipinski definition) is 3. The molecule has 1 aromatic carbocycles. The van der Waals surface area contributed by atoms with Crippen molar-refractivity contribution in [1.29, 1.82) is 0 Å². The molecule has 0 aliphatic rings. The molecule has 1 rings (SSSR count). The predicted molar refractivity (Wildman–Crippen MR) is 81.8 cm³/mol. The van der Waals surface area contributed by atoms with Crippen molar-refractivity contribution >= 4 is 27.2 Å². The average molecular weight is 300 g/mol. The van der Waals surface area contributed by atoms with E-state index in [-0.39, 0.29) is 0 Å². The predicted octanol–water partition coefficient (Wildman–Crippen LogP) is 1.99. The van der Waals surface area contributed by atoms with Crippen molar-refractivity contribution in [3.05, 3.63) is 29.3 Å². The molecule has 0 heterocycles. The van der Waals surface area contributed by atoms with Crippen molar-refractivity contribution in [2.24, 2.45) is 5.73 Å². The van der Waals surface area contributed by atoms with Gasteiger partial charge in [-0.05, 0) is 37.1 Å². The van der Waals surface area contributed by atoms with Crippen molar-refractivity contribution in [2.75, 3.05) is 13.1 Å². The quantitative estimate of drug-likeness (QED) is 0.816. The highest BCUT2D eigenvalue weighted by Crippen LogP contribution is 2.19. The molecule has 106 valence electrons. The molecule has 2 N–H and O–H groups in total. The minimum absolute atomic E-state index is 0.320. The van der Waals surface area contributed by atoms with Crippen LogP contribution in [0.25, 0.3) is 0 Å². The standard InChI is InChI=1S/C13H20N2O2S2/c1-4-15(8-7-13(14)18)19(16,17)12-6-5-10(2)11(3)9-12/h5-6,9H,4,7-8H2,1-3H3,(H2,14,18). The molecule has 1 aromatic rings. The minimum Gasteiger partial charge on any atom is -0.393 e. The first-order valence-electron chi connectivity index (χ1n) is 6.14. The maximum atomic E-state index is 12.5. The largest absolute Gasteiger partial charge is 0.393 e. The van der Waals surface area contributed by atoms with Crippen LogP contribution >= 0.6 is 12.2 Å². The zero-order valence-corrected chi connectivity index (χ0v) is 13.1. The summed E-state index contributed by atoms with van der Waals surface area (Å²) in [5, 5.41) is 0. The van der Waals surface area contributed by atoms with Gasteiger partial charge in [0.15, 0.2) is 0 Å². The second-order valence-electron chi connectivity index (χ2n) is 4.46. The van der Waals surface area contributed by atoms with Crippen molar-refractivity contribution in [1.82, 2.24) is 4.31 Å². The molecule has 0 bridgehead atoms. The average Bonchev–Trinajstić information content (AvgIpc) is 2.32. The number of thiocarbonyl (C=S) groups is 1. The molecule has 0 radical (unpaired) electrons. The van der Waals surface area contributed by atoms with E-state index in [4.69, 9.17) is 18.0 Å². The molecule has 0 atom stereocenters. The molecular formula is C13H20N2O2S2. The number of nitrogens with zero attached hydrogens (tertiary/aromatic N) is 1. The van der Waals surface area contributed by atoms with Gasteiger partial charge in [-0.1, -0.05) is 25.2 Å². The van der Waals surface area contributed by atoms with Gasteiger partial charge >= 0.3 is 0 Å². The Hall–Kier alpha value is -0.980. The Morgan fingerprint density at radius 2 is 1.95 bits per heavy atom. The molecule has 6 heteroatoms. The molecule has 0 aromatic heterocycles. The van der Waals surface area contributed by atoms with E-state index in [9.17, 15) is 8.42 Å². The van der Waals surface area contributed by atoms with Crippen molar-refractivity contribution in [3.8, 4) is 0 Å². The molecule has 19 heavy (non-hydrogen) atoms. The Bertz CT molecular complexity index is 568. The van der Waals surface area contributed by atoms with Crippen LogP contribution in [0.3, 0.4) is 0 Å². The molecule has 0 unspecified atom stereocenters. The lowest BCUT2D eigenvalue weighted by molar-refractivity contribution is 0.437. The summed E-state index contributed by atoms with van der Waals surface area (Å²) >= 11 is 4.80. The third-order valence-corrected chi connectivity index (χ3v) is 5.25. The van der Waals surface area contributed by atoms with Crippen LogP contribution in [0.15, 0.2) is 23.1 Å². The lowest BCUT2D eigenvalue weighted by Crippen LogP contribution is -2.33. The number of hydrogen-bond donors (Lipinski definition) is 1. The highest BCUT2D eigenvalue weighted by atomic mass is 32.2. The van der Waals surface area contributed by atoms with Crippen molar-refractivity contribution < 1.29 is 8.42 Å². The van der Waals surface area contributed by atoms with Gasteiger partial charge in [0.2, 0.25) is 10.0 Å². The zero-order chi connectivity index (χ0) is 14.6. The van der Waals surface area contributed by atoms with E-state index >= 15 is 0 Å². The van der Waals surface area contributed by atoms with Crippen molar-refractivity contribution in [2.45, 2.75) is 32.1 Å². The summed E-state index contributed by atoms with van der Waals surface area (Å²) < 4.78 is 26.4. The Labute approximate surface area is 120 Å². The summed E-state index contributed by atoms with van der Waals surface area (Å²) in [4.78, 5) is 0.647. The maximum absolute atomic E-state index is 12.5. The third kappa shape index (κ3) is 3.99. The smallest absolute Gasteiger partial charge is 0.243 e. The number of aryl methyl sites for hydroxylation is 2. The van der Waals surface area contributed by atoms with Crippen LogP contribution < -0.4 is 5.73 Å². The van der Waals surface area contributed by atoms with Crippen LogP contribution in [-0.4, -0.2) is 30.8 Å². The van der Waals surface area contributed by atoms with Crippen LogP contribution in [0.1, 0.15) is 24.5 Å². The topological polar surface area (TPSA) is 63.4 Å². The fraction of sp³-hybridized carbons (Fsp3) is 0.462. The molecule has 0 saturated carbocycles. The van der Waals surface area contributed by atoms with E-state index < -0.39 is 10.0 Å². The summed E-state index contributed by atoms with van der Waals surface area (Å²) in [6.45, 7) is 6.38. The normalized spacial score (nSPS) is 11.8.